The number of hydrogen-bond donors (Lipinski definition) is 2. The van der Waals surface area contributed by atoms with Crippen molar-refractivity contribution >= 4 is 0 Å². The molecule has 5 nitrogen and oxygen atoms in total. The van der Waals surface area contributed by atoms with Gasteiger partial charge in [0.1, 0.15) is 38.2 Å². The molecule has 1 aliphatic rings. The van der Waals surface area contributed by atoms with E-state index in [1.807, 2.05) is 59.9 Å². The lowest BCUT2D eigenvalue weighted by molar-refractivity contribution is -0.666. The Morgan fingerprint density at radius 2 is 1.83 bits per heavy atom. The summed E-state index contributed by atoms with van der Waals surface area (Å²) in [4.78, 5) is 0. The zero-order valence-electron chi connectivity index (χ0n) is 12.9. The lowest BCUT2D eigenvalue weighted by Gasteiger charge is -2.25. The number of hydrogen-bond acceptors (Lipinski definition) is 4. The van der Waals surface area contributed by atoms with Crippen LogP contribution < -0.4 is 19.5 Å². The molecule has 2 aromatic carbocycles. The van der Waals surface area contributed by atoms with Crippen LogP contribution in [0.15, 0.2) is 54.6 Å². The van der Waals surface area contributed by atoms with Crippen molar-refractivity contribution in [3.05, 3.63) is 54.6 Å². The highest BCUT2D eigenvalue weighted by Gasteiger charge is 2.22. The van der Waals surface area contributed by atoms with Crippen molar-refractivity contribution in [1.29, 1.82) is 0 Å². The first-order chi connectivity index (χ1) is 11.3. The number of benzene rings is 2. The van der Waals surface area contributed by atoms with Crippen molar-refractivity contribution in [3.63, 3.8) is 0 Å². The molecular weight excluding hydrogens is 294 g/mol. The Morgan fingerprint density at radius 1 is 1.09 bits per heavy atom. The van der Waals surface area contributed by atoms with Gasteiger partial charge in [0.2, 0.25) is 0 Å². The molecule has 23 heavy (non-hydrogen) atoms. The maximum Gasteiger partial charge on any atom is 0.181 e. The molecule has 0 radical (unpaired) electrons. The minimum Gasteiger partial charge on any atom is -0.491 e. The summed E-state index contributed by atoms with van der Waals surface area (Å²) in [6, 6.07) is 17.2. The van der Waals surface area contributed by atoms with Gasteiger partial charge in [-0.2, -0.15) is 0 Å². The molecule has 5 heteroatoms. The van der Waals surface area contributed by atoms with E-state index < -0.39 is 6.10 Å². The predicted molar refractivity (Wildman–Crippen MR) is 86.0 cm³/mol. The third-order valence-corrected chi connectivity index (χ3v) is 3.62. The maximum absolute atomic E-state index is 9.97. The third kappa shape index (κ3) is 4.61. The van der Waals surface area contributed by atoms with E-state index in [9.17, 15) is 5.11 Å². The molecule has 2 aromatic rings. The third-order valence-electron chi connectivity index (χ3n) is 3.62. The van der Waals surface area contributed by atoms with Crippen molar-refractivity contribution in [3.8, 4) is 17.2 Å². The van der Waals surface area contributed by atoms with E-state index in [-0.39, 0.29) is 12.7 Å². The van der Waals surface area contributed by atoms with E-state index in [2.05, 4.69) is 0 Å². The van der Waals surface area contributed by atoms with Crippen LogP contribution in [0.1, 0.15) is 0 Å². The molecule has 0 unspecified atom stereocenters. The van der Waals surface area contributed by atoms with Gasteiger partial charge in [-0.25, -0.2) is 0 Å². The number of aliphatic hydroxyl groups is 1. The SMILES string of the molecule is O[C@H](C[NH2+]C[C@@H]1COc2ccccc2O1)COc1ccccc1. The fourth-order valence-electron chi connectivity index (χ4n) is 2.43. The zero-order valence-corrected chi connectivity index (χ0v) is 12.9. The fraction of sp³-hybridized carbons (Fsp3) is 0.333. The topological polar surface area (TPSA) is 64.5 Å². The summed E-state index contributed by atoms with van der Waals surface area (Å²) in [6.45, 7) is 2.11. The molecule has 2 atom stereocenters. The minimum absolute atomic E-state index is 0.00728. The van der Waals surface area contributed by atoms with E-state index in [1.165, 1.54) is 0 Å². The van der Waals surface area contributed by atoms with Crippen LogP contribution in [0.5, 0.6) is 17.2 Å². The van der Waals surface area contributed by atoms with Gasteiger partial charge in [-0.15, -0.1) is 0 Å². The number of ether oxygens (including phenoxy) is 3. The second-order valence-electron chi connectivity index (χ2n) is 5.54. The average molecular weight is 316 g/mol. The molecule has 1 aliphatic heterocycles. The Labute approximate surface area is 135 Å². The quantitative estimate of drug-likeness (QED) is 0.794. The molecule has 3 N–H and O–H groups in total. The highest BCUT2D eigenvalue weighted by molar-refractivity contribution is 5.40. The van der Waals surface area contributed by atoms with E-state index in [0.29, 0.717) is 13.2 Å². The number of nitrogens with two attached hydrogens (primary N) is 1. The van der Waals surface area contributed by atoms with Crippen molar-refractivity contribution in [2.24, 2.45) is 0 Å². The van der Waals surface area contributed by atoms with Crippen molar-refractivity contribution in [2.45, 2.75) is 12.2 Å². The van der Waals surface area contributed by atoms with Gasteiger partial charge < -0.3 is 24.6 Å². The standard InChI is InChI=1S/C18H21NO4/c20-14(12-21-15-6-2-1-3-7-15)10-19-11-16-13-22-17-8-4-5-9-18(17)23-16/h1-9,14,16,19-20H,10-13H2/p+1/t14-,16-/m1/s1. The number of fused-ring (bicyclic) bond motifs is 1. The Morgan fingerprint density at radius 3 is 2.65 bits per heavy atom. The first kappa shape index (κ1) is 15.6. The second-order valence-corrected chi connectivity index (χ2v) is 5.54. The van der Waals surface area contributed by atoms with Gasteiger partial charge in [-0.1, -0.05) is 30.3 Å². The van der Waals surface area contributed by atoms with E-state index in [4.69, 9.17) is 14.2 Å². The van der Waals surface area contributed by atoms with E-state index in [1.54, 1.807) is 0 Å². The number of quaternary nitrogens is 1. The average Bonchev–Trinajstić information content (AvgIpc) is 2.61. The summed E-state index contributed by atoms with van der Waals surface area (Å²) < 4.78 is 17.1. The molecule has 0 fully saturated rings. The van der Waals surface area contributed by atoms with Crippen LogP contribution >= 0.6 is 0 Å². The van der Waals surface area contributed by atoms with Crippen LogP contribution in [-0.4, -0.2) is 43.6 Å². The molecule has 3 rings (SSSR count). The maximum atomic E-state index is 9.97. The van der Waals surface area contributed by atoms with Gasteiger partial charge in [0.05, 0.1) is 0 Å². The first-order valence-corrected chi connectivity index (χ1v) is 7.87. The van der Waals surface area contributed by atoms with Crippen LogP contribution in [-0.2, 0) is 0 Å². The van der Waals surface area contributed by atoms with Crippen molar-refractivity contribution in [1.82, 2.24) is 0 Å². The molecular formula is C18H22NO4+. The van der Waals surface area contributed by atoms with Crippen LogP contribution in [0.25, 0.3) is 0 Å². The van der Waals surface area contributed by atoms with Crippen molar-refractivity contribution in [2.75, 3.05) is 26.3 Å². The highest BCUT2D eigenvalue weighted by Crippen LogP contribution is 2.30. The van der Waals surface area contributed by atoms with Gasteiger partial charge in [0.15, 0.2) is 17.6 Å². The molecule has 0 saturated heterocycles. The van der Waals surface area contributed by atoms with Crippen LogP contribution in [0, 0.1) is 0 Å². The predicted octanol–water partition coefficient (Wildman–Crippen LogP) is 0.830. The van der Waals surface area contributed by atoms with Crippen LogP contribution in [0.2, 0.25) is 0 Å². The summed E-state index contributed by atoms with van der Waals surface area (Å²) in [5.41, 5.74) is 0. The summed E-state index contributed by atoms with van der Waals surface area (Å²) in [5, 5.41) is 12.0. The lowest BCUT2D eigenvalue weighted by Crippen LogP contribution is -2.89. The summed E-state index contributed by atoms with van der Waals surface area (Å²) in [5.74, 6) is 2.34. The zero-order chi connectivity index (χ0) is 15.9. The second kappa shape index (κ2) is 7.85. The van der Waals surface area contributed by atoms with E-state index >= 15 is 0 Å². The smallest absolute Gasteiger partial charge is 0.181 e. The summed E-state index contributed by atoms with van der Waals surface area (Å²) in [7, 11) is 0. The summed E-state index contributed by atoms with van der Waals surface area (Å²) in [6.07, 6.45) is -0.529. The van der Waals surface area contributed by atoms with Gasteiger partial charge in [-0.05, 0) is 24.3 Å². The first-order valence-electron chi connectivity index (χ1n) is 7.87. The lowest BCUT2D eigenvalue weighted by atomic mass is 10.2. The Bertz CT molecular complexity index is 605. The highest BCUT2D eigenvalue weighted by atomic mass is 16.6. The van der Waals surface area contributed by atoms with Gasteiger partial charge in [0.25, 0.3) is 0 Å². The Balaban J connectivity index is 1.35. The number of para-hydroxylation sites is 3. The van der Waals surface area contributed by atoms with Crippen molar-refractivity contribution < 1.29 is 24.6 Å². The molecule has 122 valence electrons. The van der Waals surface area contributed by atoms with Crippen LogP contribution in [0.3, 0.4) is 0 Å². The summed E-state index contributed by atoms with van der Waals surface area (Å²) >= 11 is 0. The molecule has 0 amide bonds. The van der Waals surface area contributed by atoms with Gasteiger partial charge in [0, 0.05) is 0 Å². The minimum atomic E-state index is -0.521. The van der Waals surface area contributed by atoms with Crippen LogP contribution in [0.4, 0.5) is 0 Å². The molecule has 0 spiro atoms. The number of rotatable bonds is 7. The Hall–Kier alpha value is -2.24. The molecule has 0 saturated carbocycles. The molecule has 0 bridgehead atoms. The molecule has 0 aromatic heterocycles. The normalized spacial score (nSPS) is 17.5. The fourth-order valence-corrected chi connectivity index (χ4v) is 2.43. The van der Waals surface area contributed by atoms with E-state index in [0.717, 1.165) is 23.8 Å². The molecule has 0 aliphatic carbocycles. The van der Waals surface area contributed by atoms with Gasteiger partial charge >= 0.3 is 0 Å². The molecule has 1 heterocycles. The monoisotopic (exact) mass is 316 g/mol. The van der Waals surface area contributed by atoms with Gasteiger partial charge in [-0.3, -0.25) is 0 Å². The largest absolute Gasteiger partial charge is 0.491 e. The Kier molecular flexibility index (Phi) is 5.34. The number of aliphatic hydroxyl groups excluding tert-OH is 1.